The molecule has 3 N–H and O–H groups in total. The molecule has 272 valence electrons. The van der Waals surface area contributed by atoms with Crippen molar-refractivity contribution >= 4 is 34.8 Å². The van der Waals surface area contributed by atoms with Crippen molar-refractivity contribution in [3.63, 3.8) is 0 Å². The van der Waals surface area contributed by atoms with Crippen molar-refractivity contribution in [3.05, 3.63) is 54.6 Å². The van der Waals surface area contributed by atoms with Gasteiger partial charge in [-0.3, -0.25) is 14.2 Å². The Labute approximate surface area is 296 Å². The van der Waals surface area contributed by atoms with Gasteiger partial charge in [-0.05, 0) is 65.5 Å². The molecule has 1 aromatic carbocycles. The minimum Gasteiger partial charge on any atom is -0.497 e. The van der Waals surface area contributed by atoms with E-state index in [0.717, 1.165) is 25.0 Å². The molecule has 3 aliphatic rings. The van der Waals surface area contributed by atoms with Crippen LogP contribution in [0.4, 0.5) is 4.79 Å². The average molecular weight is 703 g/mol. The number of rotatable bonds is 6. The summed E-state index contributed by atoms with van der Waals surface area (Å²) in [6.07, 6.45) is 9.63. The summed E-state index contributed by atoms with van der Waals surface area (Å²) in [5, 5.41) is 16.4. The van der Waals surface area contributed by atoms with Crippen LogP contribution in [0, 0.1) is 12.8 Å². The van der Waals surface area contributed by atoms with E-state index in [1.165, 1.54) is 4.90 Å². The topological polar surface area (TPSA) is 174 Å². The third kappa shape index (κ3) is 7.94. The van der Waals surface area contributed by atoms with E-state index in [1.54, 1.807) is 57.0 Å². The molecule has 6 rings (SSSR count). The minimum atomic E-state index is -1.45. The Bertz CT molecular complexity index is 1850. The Morgan fingerprint density at radius 1 is 1.14 bits per heavy atom. The van der Waals surface area contributed by atoms with Gasteiger partial charge in [0, 0.05) is 36.1 Å². The van der Waals surface area contributed by atoms with E-state index in [9.17, 15) is 24.3 Å². The third-order valence-electron chi connectivity index (χ3n) is 9.55. The third-order valence-corrected chi connectivity index (χ3v) is 9.55. The molecule has 5 atom stereocenters. The number of amides is 3. The normalized spacial score (nSPS) is 26.2. The Morgan fingerprint density at radius 2 is 1.94 bits per heavy atom. The second-order valence-electron chi connectivity index (χ2n) is 14.6. The summed E-state index contributed by atoms with van der Waals surface area (Å²) in [5.41, 5.74) is -0.829. The molecule has 2 aromatic heterocycles. The highest BCUT2D eigenvalue weighted by Crippen LogP contribution is 2.45. The fraction of sp³-hybridized carbons (Fsp3) is 0.514. The summed E-state index contributed by atoms with van der Waals surface area (Å²) >= 11 is 0. The summed E-state index contributed by atoms with van der Waals surface area (Å²) in [6.45, 7) is 7.11. The van der Waals surface area contributed by atoms with Crippen LogP contribution in [0.5, 0.6) is 11.5 Å². The summed E-state index contributed by atoms with van der Waals surface area (Å²) in [7, 11) is 1.57. The lowest BCUT2D eigenvalue weighted by Gasteiger charge is -2.30. The predicted octanol–water partition coefficient (Wildman–Crippen LogP) is 4.46. The maximum absolute atomic E-state index is 14.4. The molecule has 3 aromatic rings. The summed E-state index contributed by atoms with van der Waals surface area (Å²) < 4.78 is 19.3. The highest BCUT2D eigenvalue weighted by Gasteiger charge is 2.61. The molecule has 4 heterocycles. The molecule has 0 spiro atoms. The molecule has 3 amide bonds. The molecule has 0 radical (unpaired) electrons. The number of aliphatic carboxylic acids is 1. The van der Waals surface area contributed by atoms with Crippen molar-refractivity contribution in [2.75, 3.05) is 13.7 Å². The Hall–Kier alpha value is -5.14. The van der Waals surface area contributed by atoms with Gasteiger partial charge in [-0.25, -0.2) is 19.6 Å². The van der Waals surface area contributed by atoms with E-state index < -0.39 is 53.2 Å². The second kappa shape index (κ2) is 14.2. The summed E-state index contributed by atoms with van der Waals surface area (Å²) in [4.78, 5) is 64.4. The number of benzene rings is 1. The molecule has 0 bridgehead atoms. The first-order valence-electron chi connectivity index (χ1n) is 17.4. The molecule has 2 aliphatic heterocycles. The monoisotopic (exact) mass is 702 g/mol. The number of aromatic nitrogens is 3. The minimum absolute atomic E-state index is 0.0201. The van der Waals surface area contributed by atoms with Crippen molar-refractivity contribution in [1.29, 1.82) is 0 Å². The molecule has 1 saturated heterocycles. The van der Waals surface area contributed by atoms with E-state index >= 15 is 0 Å². The molecular formula is C37H46N6O8. The number of alkyl carbamates (subject to hydrolysis) is 1. The number of carbonyl (C=O) groups excluding carboxylic acids is 3. The van der Waals surface area contributed by atoms with Crippen LogP contribution in [0.15, 0.2) is 48.9 Å². The number of hydrogen-bond donors (Lipinski definition) is 3. The Balaban J connectivity index is 1.34. The summed E-state index contributed by atoms with van der Waals surface area (Å²) in [6, 6.07) is 5.18. The number of carboxylic acid groups (broad SMARTS) is 1. The van der Waals surface area contributed by atoms with E-state index in [0.29, 0.717) is 41.1 Å². The maximum Gasteiger partial charge on any atom is 0.408 e. The largest absolute Gasteiger partial charge is 0.497 e. The smallest absolute Gasteiger partial charge is 0.408 e. The van der Waals surface area contributed by atoms with Crippen LogP contribution in [-0.4, -0.2) is 91.4 Å². The van der Waals surface area contributed by atoms with Crippen LogP contribution in [0.3, 0.4) is 0 Å². The number of methoxy groups -OCH3 is 1. The average Bonchev–Trinajstić information content (AvgIpc) is 3.34. The van der Waals surface area contributed by atoms with Crippen LogP contribution in [0.2, 0.25) is 0 Å². The standard InChI is InChI=1S/C37H46N6O8/c1-22-19-42(21-38-22)31-17-30(26-14-13-24(49-5)15-28(26)39-31)50-25-16-29-32(44)41-37(34(46)47)18-23(37)11-9-7-6-8-10-12-27(33(45)43(29)20-25)40-35(48)51-36(2,3)4/h9,11,13-15,17,19,21,23,25,27,29H,6-8,10,12,16,18,20H2,1-5H3,(H,40,48)(H,41,44)(H,46,47)/b11-9-/t23?,25-,27?,29?,37?/m1/s1. The van der Waals surface area contributed by atoms with Gasteiger partial charge >= 0.3 is 12.1 Å². The lowest BCUT2D eigenvalue weighted by molar-refractivity contribution is -0.145. The predicted molar refractivity (Wildman–Crippen MR) is 187 cm³/mol. The first kappa shape index (κ1) is 35.7. The number of imidazole rings is 1. The molecule has 1 aliphatic carbocycles. The van der Waals surface area contributed by atoms with Gasteiger partial charge in [0.05, 0.1) is 24.9 Å². The number of ether oxygens (including phenoxy) is 3. The first-order valence-corrected chi connectivity index (χ1v) is 17.4. The van der Waals surface area contributed by atoms with Crippen molar-refractivity contribution in [2.24, 2.45) is 5.92 Å². The highest BCUT2D eigenvalue weighted by atomic mass is 16.6. The van der Waals surface area contributed by atoms with Crippen molar-refractivity contribution in [3.8, 4) is 17.3 Å². The zero-order valence-corrected chi connectivity index (χ0v) is 29.7. The molecule has 4 unspecified atom stereocenters. The number of carboxylic acids is 1. The molecule has 14 nitrogen and oxygen atoms in total. The van der Waals surface area contributed by atoms with E-state index in [-0.39, 0.29) is 25.3 Å². The molecular weight excluding hydrogens is 656 g/mol. The maximum atomic E-state index is 14.4. The number of aryl methyl sites for hydroxylation is 1. The van der Waals surface area contributed by atoms with Gasteiger partial charge in [0.1, 0.15) is 53.0 Å². The van der Waals surface area contributed by atoms with Crippen LogP contribution in [-0.2, 0) is 19.1 Å². The number of fused-ring (bicyclic) bond motifs is 3. The SMILES string of the molecule is COc1ccc2c(O[C@@H]3CC4C(=O)NC5(C(=O)O)CC5/C=C\CCCCCC(NC(=O)OC(C)(C)C)C(=O)N4C3)cc(-n3cnc(C)c3)nc2c1. The number of carbonyl (C=O) groups is 4. The number of nitrogens with one attached hydrogen (secondary N) is 2. The Kier molecular flexibility index (Phi) is 9.96. The van der Waals surface area contributed by atoms with Gasteiger partial charge in [-0.1, -0.05) is 25.0 Å². The fourth-order valence-corrected chi connectivity index (χ4v) is 6.84. The first-order chi connectivity index (χ1) is 24.3. The molecule has 2 fully saturated rings. The Morgan fingerprint density at radius 3 is 2.65 bits per heavy atom. The van der Waals surface area contributed by atoms with Crippen LogP contribution >= 0.6 is 0 Å². The van der Waals surface area contributed by atoms with Gasteiger partial charge in [0.25, 0.3) is 0 Å². The lowest BCUT2D eigenvalue weighted by atomic mass is 10.0. The zero-order chi connectivity index (χ0) is 36.5. The van der Waals surface area contributed by atoms with Crippen molar-refractivity contribution in [2.45, 2.75) is 102 Å². The van der Waals surface area contributed by atoms with Gasteiger partial charge in [-0.2, -0.15) is 0 Å². The van der Waals surface area contributed by atoms with Crippen LogP contribution < -0.4 is 20.1 Å². The van der Waals surface area contributed by atoms with E-state index in [1.807, 2.05) is 31.3 Å². The highest BCUT2D eigenvalue weighted by molar-refractivity contribution is 5.96. The van der Waals surface area contributed by atoms with Gasteiger partial charge in [0.2, 0.25) is 11.8 Å². The van der Waals surface area contributed by atoms with Crippen molar-refractivity contribution < 1.29 is 38.5 Å². The fourth-order valence-electron chi connectivity index (χ4n) is 6.84. The number of pyridine rings is 1. The summed E-state index contributed by atoms with van der Waals surface area (Å²) in [5.74, 6) is -0.891. The number of allylic oxidation sites excluding steroid dienone is 1. The quantitative estimate of drug-likeness (QED) is 0.311. The lowest BCUT2D eigenvalue weighted by Crippen LogP contribution is -2.56. The van der Waals surface area contributed by atoms with Crippen LogP contribution in [0.25, 0.3) is 16.7 Å². The van der Waals surface area contributed by atoms with Crippen LogP contribution in [0.1, 0.15) is 71.4 Å². The molecule has 51 heavy (non-hydrogen) atoms. The number of hydrogen-bond acceptors (Lipinski definition) is 9. The second-order valence-corrected chi connectivity index (χ2v) is 14.6. The number of nitrogens with zero attached hydrogens (tertiary/aromatic N) is 4. The zero-order valence-electron chi connectivity index (χ0n) is 29.7. The van der Waals surface area contributed by atoms with E-state index in [2.05, 4.69) is 15.6 Å². The molecule has 14 heteroatoms. The molecule has 1 saturated carbocycles. The van der Waals surface area contributed by atoms with Crippen molar-refractivity contribution in [1.82, 2.24) is 30.1 Å². The van der Waals surface area contributed by atoms with Gasteiger partial charge < -0.3 is 34.9 Å². The van der Waals surface area contributed by atoms with E-state index in [4.69, 9.17) is 19.2 Å². The van der Waals surface area contributed by atoms with Gasteiger partial charge in [0.15, 0.2) is 0 Å². The van der Waals surface area contributed by atoms with Gasteiger partial charge in [-0.15, -0.1) is 0 Å².